The predicted octanol–water partition coefficient (Wildman–Crippen LogP) is 0.387. The summed E-state index contributed by atoms with van der Waals surface area (Å²) in [6.07, 6.45) is 4.45. The van der Waals surface area contributed by atoms with E-state index in [0.717, 1.165) is 12.8 Å². The van der Waals surface area contributed by atoms with Gasteiger partial charge >= 0.3 is 5.69 Å². The minimum absolute atomic E-state index is 0.0493. The maximum Gasteiger partial charge on any atom is 0.354 e. The lowest BCUT2D eigenvalue weighted by atomic mass is 10.0. The molecule has 19 heavy (non-hydrogen) atoms. The molecule has 5 N–H and O–H groups in total. The van der Waals surface area contributed by atoms with Crippen LogP contribution in [0.5, 0.6) is 0 Å². The van der Waals surface area contributed by atoms with Crippen molar-refractivity contribution in [3.8, 4) is 0 Å². The number of aliphatic hydroxyl groups is 1. The SMILES string of the molecule is NNc1ncnc(NCC2(O)CCCC2)c1[N+](=O)[O-]. The van der Waals surface area contributed by atoms with Crippen LogP contribution >= 0.6 is 0 Å². The first-order valence-electron chi connectivity index (χ1n) is 5.98. The Labute approximate surface area is 109 Å². The number of nitrogen functional groups attached to an aromatic ring is 1. The van der Waals surface area contributed by atoms with Crippen molar-refractivity contribution >= 4 is 17.3 Å². The number of aromatic nitrogens is 2. The zero-order valence-electron chi connectivity index (χ0n) is 10.3. The zero-order valence-corrected chi connectivity index (χ0v) is 10.3. The van der Waals surface area contributed by atoms with Crippen molar-refractivity contribution in [3.63, 3.8) is 0 Å². The molecule has 1 aliphatic carbocycles. The second-order valence-electron chi connectivity index (χ2n) is 4.61. The molecule has 0 saturated heterocycles. The highest BCUT2D eigenvalue weighted by atomic mass is 16.6. The maximum absolute atomic E-state index is 11.0. The van der Waals surface area contributed by atoms with Gasteiger partial charge in [0.1, 0.15) is 6.33 Å². The quantitative estimate of drug-likeness (QED) is 0.341. The number of nitrogens with two attached hydrogens (primary N) is 1. The maximum atomic E-state index is 11.0. The molecule has 104 valence electrons. The Morgan fingerprint density at radius 2 is 2.05 bits per heavy atom. The van der Waals surface area contributed by atoms with Crippen molar-refractivity contribution in [2.24, 2.45) is 5.84 Å². The lowest BCUT2D eigenvalue weighted by Gasteiger charge is -2.22. The number of nitrogens with zero attached hydrogens (tertiary/aromatic N) is 3. The molecule has 9 nitrogen and oxygen atoms in total. The van der Waals surface area contributed by atoms with Crippen LogP contribution in [-0.2, 0) is 0 Å². The third-order valence-electron chi connectivity index (χ3n) is 3.26. The van der Waals surface area contributed by atoms with Crippen LogP contribution in [0.25, 0.3) is 0 Å². The fraction of sp³-hybridized carbons (Fsp3) is 0.600. The lowest BCUT2D eigenvalue weighted by Crippen LogP contribution is -2.34. The summed E-state index contributed by atoms with van der Waals surface area (Å²) in [6, 6.07) is 0. The summed E-state index contributed by atoms with van der Waals surface area (Å²) in [5.41, 5.74) is 1.01. The van der Waals surface area contributed by atoms with Gasteiger partial charge in [-0.2, -0.15) is 0 Å². The molecule has 0 amide bonds. The van der Waals surface area contributed by atoms with Gasteiger partial charge in [0.25, 0.3) is 0 Å². The summed E-state index contributed by atoms with van der Waals surface area (Å²) in [5, 5.41) is 24.0. The van der Waals surface area contributed by atoms with Crippen molar-refractivity contribution in [1.82, 2.24) is 9.97 Å². The number of anilines is 2. The van der Waals surface area contributed by atoms with Gasteiger partial charge in [-0.15, -0.1) is 0 Å². The lowest BCUT2D eigenvalue weighted by molar-refractivity contribution is -0.383. The first-order chi connectivity index (χ1) is 9.06. The van der Waals surface area contributed by atoms with Crippen LogP contribution in [0.2, 0.25) is 0 Å². The fourth-order valence-corrected chi connectivity index (χ4v) is 2.24. The second kappa shape index (κ2) is 5.33. The fourth-order valence-electron chi connectivity index (χ4n) is 2.24. The van der Waals surface area contributed by atoms with E-state index in [9.17, 15) is 15.2 Å². The van der Waals surface area contributed by atoms with Gasteiger partial charge in [0, 0.05) is 6.54 Å². The van der Waals surface area contributed by atoms with Crippen molar-refractivity contribution in [2.75, 3.05) is 17.3 Å². The van der Waals surface area contributed by atoms with Gasteiger partial charge < -0.3 is 15.8 Å². The normalized spacial score (nSPS) is 17.2. The van der Waals surface area contributed by atoms with Gasteiger partial charge in [0.05, 0.1) is 10.5 Å². The van der Waals surface area contributed by atoms with E-state index in [1.807, 2.05) is 0 Å². The van der Waals surface area contributed by atoms with Crippen LogP contribution in [-0.4, -0.2) is 32.1 Å². The molecule has 0 atom stereocenters. The van der Waals surface area contributed by atoms with Gasteiger partial charge in [-0.25, -0.2) is 15.8 Å². The van der Waals surface area contributed by atoms with Crippen molar-refractivity contribution in [2.45, 2.75) is 31.3 Å². The summed E-state index contributed by atoms with van der Waals surface area (Å²) >= 11 is 0. The van der Waals surface area contributed by atoms with Gasteiger partial charge in [-0.1, -0.05) is 12.8 Å². The average molecular weight is 268 g/mol. The zero-order chi connectivity index (χ0) is 13.9. The summed E-state index contributed by atoms with van der Waals surface area (Å²) in [7, 11) is 0. The van der Waals surface area contributed by atoms with Crippen LogP contribution in [0.15, 0.2) is 6.33 Å². The van der Waals surface area contributed by atoms with E-state index in [1.54, 1.807) is 0 Å². The monoisotopic (exact) mass is 268 g/mol. The Morgan fingerprint density at radius 3 is 2.63 bits per heavy atom. The van der Waals surface area contributed by atoms with Gasteiger partial charge in [-0.3, -0.25) is 10.1 Å². The number of hydrogen-bond acceptors (Lipinski definition) is 8. The summed E-state index contributed by atoms with van der Waals surface area (Å²) < 4.78 is 0. The summed E-state index contributed by atoms with van der Waals surface area (Å²) in [6.45, 7) is 0.217. The molecule has 0 unspecified atom stereocenters. The minimum atomic E-state index is -0.824. The Balaban J connectivity index is 2.17. The Hall–Kier alpha value is -2.00. The molecule has 1 aliphatic rings. The van der Waals surface area contributed by atoms with Gasteiger partial charge in [-0.05, 0) is 12.8 Å². The third kappa shape index (κ3) is 2.88. The Morgan fingerprint density at radius 1 is 1.42 bits per heavy atom. The van der Waals surface area contributed by atoms with E-state index in [4.69, 9.17) is 5.84 Å². The van der Waals surface area contributed by atoms with Crippen LogP contribution in [0.4, 0.5) is 17.3 Å². The van der Waals surface area contributed by atoms with Crippen molar-refractivity contribution < 1.29 is 10.0 Å². The van der Waals surface area contributed by atoms with Crippen LogP contribution in [0.1, 0.15) is 25.7 Å². The van der Waals surface area contributed by atoms with Crippen molar-refractivity contribution in [3.05, 3.63) is 16.4 Å². The van der Waals surface area contributed by atoms with E-state index in [1.165, 1.54) is 6.33 Å². The van der Waals surface area contributed by atoms with Crippen LogP contribution in [0.3, 0.4) is 0 Å². The molecule has 1 saturated carbocycles. The molecular weight excluding hydrogens is 252 g/mol. The molecule has 9 heteroatoms. The van der Waals surface area contributed by atoms with E-state index < -0.39 is 10.5 Å². The summed E-state index contributed by atoms with van der Waals surface area (Å²) in [5.74, 6) is 5.16. The number of nitro groups is 1. The highest BCUT2D eigenvalue weighted by Gasteiger charge is 2.32. The molecule has 1 aromatic rings. The highest BCUT2D eigenvalue weighted by molar-refractivity contribution is 5.68. The molecule has 0 spiro atoms. The van der Waals surface area contributed by atoms with E-state index in [2.05, 4.69) is 20.7 Å². The molecule has 0 aromatic carbocycles. The van der Waals surface area contributed by atoms with Crippen molar-refractivity contribution in [1.29, 1.82) is 0 Å². The molecule has 1 fully saturated rings. The Bertz CT molecular complexity index is 474. The highest BCUT2D eigenvalue weighted by Crippen LogP contribution is 2.32. The Kier molecular flexibility index (Phi) is 3.76. The van der Waals surface area contributed by atoms with Gasteiger partial charge in [0.15, 0.2) is 0 Å². The molecule has 0 aliphatic heterocycles. The standard InChI is InChI=1S/C10H16N6O3/c11-15-9-7(16(18)19)8(13-6-14-9)12-5-10(17)3-1-2-4-10/h6,17H,1-5,11H2,(H2,12,13,14,15). The van der Waals surface area contributed by atoms with Crippen LogP contribution in [0, 0.1) is 10.1 Å². The third-order valence-corrected chi connectivity index (χ3v) is 3.26. The molecule has 0 radical (unpaired) electrons. The molecular formula is C10H16N6O3. The first-order valence-corrected chi connectivity index (χ1v) is 5.98. The molecule has 1 aromatic heterocycles. The topological polar surface area (TPSA) is 139 Å². The van der Waals surface area contributed by atoms with E-state index in [-0.39, 0.29) is 23.9 Å². The van der Waals surface area contributed by atoms with E-state index >= 15 is 0 Å². The van der Waals surface area contributed by atoms with Gasteiger partial charge in [0.2, 0.25) is 11.6 Å². The second-order valence-corrected chi connectivity index (χ2v) is 4.61. The predicted molar refractivity (Wildman–Crippen MR) is 68.4 cm³/mol. The van der Waals surface area contributed by atoms with E-state index in [0.29, 0.717) is 12.8 Å². The molecule has 0 bridgehead atoms. The largest absolute Gasteiger partial charge is 0.388 e. The molecule has 2 rings (SSSR count). The number of hydrogen-bond donors (Lipinski definition) is 4. The number of hydrazine groups is 1. The number of nitrogens with one attached hydrogen (secondary N) is 2. The number of rotatable bonds is 5. The average Bonchev–Trinajstić information content (AvgIpc) is 2.83. The van der Waals surface area contributed by atoms with Crippen LogP contribution < -0.4 is 16.6 Å². The first kappa shape index (κ1) is 13.4. The smallest absolute Gasteiger partial charge is 0.354 e. The minimum Gasteiger partial charge on any atom is -0.388 e. The summed E-state index contributed by atoms with van der Waals surface area (Å²) in [4.78, 5) is 17.9. The molecule has 1 heterocycles.